The maximum Gasteiger partial charge on any atom is 0.341 e. The molecule has 160 valence electrons. The lowest BCUT2D eigenvalue weighted by atomic mass is 10.0. The lowest BCUT2D eigenvalue weighted by Gasteiger charge is -2.27. The number of nitrogens with one attached hydrogen (secondary N) is 1. The van der Waals surface area contributed by atoms with Gasteiger partial charge in [-0.2, -0.15) is 0 Å². The molecule has 6 heteroatoms. The minimum Gasteiger partial charge on any atom is -0.465 e. The summed E-state index contributed by atoms with van der Waals surface area (Å²) in [6.45, 7) is 6.39. The van der Waals surface area contributed by atoms with Crippen LogP contribution in [-0.4, -0.2) is 30.4 Å². The van der Waals surface area contributed by atoms with Gasteiger partial charge in [-0.25, -0.2) is 4.79 Å². The molecule has 2 heterocycles. The van der Waals surface area contributed by atoms with Crippen molar-refractivity contribution in [2.45, 2.75) is 33.4 Å². The fraction of sp³-hybridized carbons (Fsp3) is 0.280. The van der Waals surface area contributed by atoms with Gasteiger partial charge < -0.3 is 10.1 Å². The van der Waals surface area contributed by atoms with Crippen LogP contribution in [0, 0.1) is 13.8 Å². The van der Waals surface area contributed by atoms with Crippen molar-refractivity contribution >= 4 is 28.2 Å². The highest BCUT2D eigenvalue weighted by Crippen LogP contribution is 2.38. The van der Waals surface area contributed by atoms with Gasteiger partial charge in [0.05, 0.1) is 12.7 Å². The summed E-state index contributed by atoms with van der Waals surface area (Å²) in [6.07, 6.45) is 0.753. The first-order valence-electron chi connectivity index (χ1n) is 10.3. The molecule has 0 aliphatic carbocycles. The molecule has 1 amide bonds. The highest BCUT2D eigenvalue weighted by Gasteiger charge is 2.29. The van der Waals surface area contributed by atoms with E-state index >= 15 is 0 Å². The number of hydrogen-bond acceptors (Lipinski definition) is 5. The Balaban J connectivity index is 1.60. The van der Waals surface area contributed by atoms with Crippen molar-refractivity contribution in [2.24, 2.45) is 0 Å². The molecule has 0 unspecified atom stereocenters. The maximum atomic E-state index is 12.9. The molecule has 1 N–H and O–H groups in total. The number of thiophene rings is 1. The summed E-state index contributed by atoms with van der Waals surface area (Å²) < 4.78 is 5.05. The average Bonchev–Trinajstić information content (AvgIpc) is 3.10. The second-order valence-corrected chi connectivity index (χ2v) is 9.08. The number of rotatable bonds is 5. The summed E-state index contributed by atoms with van der Waals surface area (Å²) in [5.74, 6) is -0.610. The van der Waals surface area contributed by atoms with E-state index in [1.165, 1.54) is 24.0 Å². The van der Waals surface area contributed by atoms with Crippen molar-refractivity contribution in [3.63, 3.8) is 0 Å². The Labute approximate surface area is 186 Å². The fourth-order valence-electron chi connectivity index (χ4n) is 4.12. The molecule has 0 fully saturated rings. The van der Waals surface area contributed by atoms with Crippen LogP contribution < -0.4 is 5.32 Å². The standard InChI is InChI=1S/C25H26N2O3S/c1-16-11-17(2)13-19(12-16)23(28)26-24-22(25(29)30-3)20-9-10-27(15-21(20)31-24)14-18-7-5-4-6-8-18/h4-8,11-13H,9-10,14-15H2,1-3H3,(H,26,28). The van der Waals surface area contributed by atoms with Gasteiger partial charge in [0.1, 0.15) is 5.00 Å². The molecule has 1 aliphatic rings. The van der Waals surface area contributed by atoms with Gasteiger partial charge in [-0.15, -0.1) is 11.3 Å². The van der Waals surface area contributed by atoms with E-state index in [1.807, 2.05) is 50.2 Å². The zero-order chi connectivity index (χ0) is 22.0. The number of ether oxygens (including phenoxy) is 1. The first kappa shape index (κ1) is 21.3. The van der Waals surface area contributed by atoms with Crippen LogP contribution in [-0.2, 0) is 24.2 Å². The second-order valence-electron chi connectivity index (χ2n) is 7.98. The van der Waals surface area contributed by atoms with Gasteiger partial charge in [0, 0.05) is 30.1 Å². The molecule has 5 nitrogen and oxygen atoms in total. The third-order valence-corrected chi connectivity index (χ3v) is 6.62. The number of hydrogen-bond donors (Lipinski definition) is 1. The summed E-state index contributed by atoms with van der Waals surface area (Å²) >= 11 is 1.48. The van der Waals surface area contributed by atoms with E-state index in [2.05, 4.69) is 22.3 Å². The SMILES string of the molecule is COC(=O)c1c(NC(=O)c2cc(C)cc(C)c2)sc2c1CCN(Cc1ccccc1)C2. The number of amides is 1. The van der Waals surface area contributed by atoms with E-state index in [9.17, 15) is 9.59 Å². The number of aryl methyl sites for hydroxylation is 2. The van der Waals surface area contributed by atoms with Crippen molar-refractivity contribution in [3.8, 4) is 0 Å². The predicted octanol–water partition coefficient (Wildman–Crippen LogP) is 4.96. The second kappa shape index (κ2) is 9.04. The summed E-state index contributed by atoms with van der Waals surface area (Å²) in [5.41, 5.74) is 5.40. The molecule has 0 atom stereocenters. The predicted molar refractivity (Wildman–Crippen MR) is 124 cm³/mol. The smallest absolute Gasteiger partial charge is 0.341 e. The molecule has 0 radical (unpaired) electrons. The number of carbonyl (C=O) groups is 2. The molecule has 1 aliphatic heterocycles. The number of anilines is 1. The topological polar surface area (TPSA) is 58.6 Å². The summed E-state index contributed by atoms with van der Waals surface area (Å²) in [7, 11) is 1.38. The van der Waals surface area contributed by atoms with Gasteiger partial charge in [0.25, 0.3) is 5.91 Å². The van der Waals surface area contributed by atoms with Crippen molar-refractivity contribution in [3.05, 3.63) is 86.8 Å². The van der Waals surface area contributed by atoms with Gasteiger partial charge in [0.15, 0.2) is 0 Å². The number of benzene rings is 2. The lowest BCUT2D eigenvalue weighted by molar-refractivity contribution is 0.0600. The van der Waals surface area contributed by atoms with Crippen LogP contribution in [0.2, 0.25) is 0 Å². The van der Waals surface area contributed by atoms with E-state index in [-0.39, 0.29) is 5.91 Å². The Bertz CT molecular complexity index is 1100. The van der Waals surface area contributed by atoms with E-state index in [1.54, 1.807) is 0 Å². The van der Waals surface area contributed by atoms with Gasteiger partial charge in [0.2, 0.25) is 0 Å². The Morgan fingerprint density at radius 3 is 2.48 bits per heavy atom. The Morgan fingerprint density at radius 1 is 1.10 bits per heavy atom. The quantitative estimate of drug-likeness (QED) is 0.577. The highest BCUT2D eigenvalue weighted by atomic mass is 32.1. The normalized spacial score (nSPS) is 13.5. The van der Waals surface area contributed by atoms with Crippen molar-refractivity contribution in [1.29, 1.82) is 0 Å². The summed E-state index contributed by atoms with van der Waals surface area (Å²) in [5, 5.41) is 3.55. The number of nitrogens with zero attached hydrogens (tertiary/aromatic N) is 1. The molecule has 0 spiro atoms. The largest absolute Gasteiger partial charge is 0.465 e. The molecule has 3 aromatic rings. The molecule has 1 aromatic heterocycles. The molecule has 0 saturated heterocycles. The third-order valence-electron chi connectivity index (χ3n) is 5.49. The van der Waals surface area contributed by atoms with Crippen LogP contribution in [0.15, 0.2) is 48.5 Å². The van der Waals surface area contributed by atoms with Crippen LogP contribution in [0.5, 0.6) is 0 Å². The molecule has 4 rings (SSSR count). The van der Waals surface area contributed by atoms with Crippen LogP contribution in [0.4, 0.5) is 5.00 Å². The molecule has 0 saturated carbocycles. The van der Waals surface area contributed by atoms with E-state index in [0.29, 0.717) is 16.1 Å². The first-order chi connectivity index (χ1) is 14.9. The zero-order valence-electron chi connectivity index (χ0n) is 18.0. The van der Waals surface area contributed by atoms with Gasteiger partial charge in [-0.05, 0) is 43.5 Å². The van der Waals surface area contributed by atoms with Crippen LogP contribution in [0.1, 0.15) is 47.8 Å². The average molecular weight is 435 g/mol. The third kappa shape index (κ3) is 4.70. The zero-order valence-corrected chi connectivity index (χ0v) is 18.8. The van der Waals surface area contributed by atoms with E-state index < -0.39 is 5.97 Å². The van der Waals surface area contributed by atoms with Crippen LogP contribution >= 0.6 is 11.3 Å². The van der Waals surface area contributed by atoms with Crippen LogP contribution in [0.3, 0.4) is 0 Å². The highest BCUT2D eigenvalue weighted by molar-refractivity contribution is 7.17. The number of fused-ring (bicyclic) bond motifs is 1. The van der Waals surface area contributed by atoms with E-state index in [4.69, 9.17) is 4.74 Å². The Morgan fingerprint density at radius 2 is 1.81 bits per heavy atom. The lowest BCUT2D eigenvalue weighted by Crippen LogP contribution is -2.29. The van der Waals surface area contributed by atoms with Crippen molar-refractivity contribution in [2.75, 3.05) is 19.0 Å². The summed E-state index contributed by atoms with van der Waals surface area (Å²) in [6, 6.07) is 16.1. The molecule has 0 bridgehead atoms. The van der Waals surface area contributed by atoms with Gasteiger partial charge >= 0.3 is 5.97 Å². The molecular formula is C25H26N2O3S. The number of methoxy groups -OCH3 is 1. The number of esters is 1. The Hall–Kier alpha value is -2.96. The monoisotopic (exact) mass is 434 g/mol. The summed E-state index contributed by atoms with van der Waals surface area (Å²) in [4.78, 5) is 29.0. The van der Waals surface area contributed by atoms with Crippen molar-refractivity contribution < 1.29 is 14.3 Å². The Kier molecular flexibility index (Phi) is 6.20. The van der Waals surface area contributed by atoms with Gasteiger partial charge in [-0.3, -0.25) is 9.69 Å². The van der Waals surface area contributed by atoms with Gasteiger partial charge in [-0.1, -0.05) is 47.5 Å². The first-order valence-corrected chi connectivity index (χ1v) is 11.1. The minimum atomic E-state index is -0.398. The molecule has 2 aromatic carbocycles. The minimum absolute atomic E-state index is 0.211. The fourth-order valence-corrected chi connectivity index (χ4v) is 5.39. The van der Waals surface area contributed by atoms with Crippen molar-refractivity contribution in [1.82, 2.24) is 4.90 Å². The molecular weight excluding hydrogens is 408 g/mol. The van der Waals surface area contributed by atoms with E-state index in [0.717, 1.165) is 47.6 Å². The van der Waals surface area contributed by atoms with Crippen LogP contribution in [0.25, 0.3) is 0 Å². The number of carbonyl (C=O) groups excluding carboxylic acids is 2. The molecule has 31 heavy (non-hydrogen) atoms. The maximum absolute atomic E-state index is 12.9.